The predicted molar refractivity (Wildman–Crippen MR) is 117 cm³/mol. The van der Waals surface area contributed by atoms with Gasteiger partial charge in [-0.05, 0) is 59.3 Å². The van der Waals surface area contributed by atoms with E-state index in [0.29, 0.717) is 27.8 Å². The summed E-state index contributed by atoms with van der Waals surface area (Å²) < 4.78 is 0. The molecule has 5 nitrogen and oxygen atoms in total. The van der Waals surface area contributed by atoms with Crippen LogP contribution in [0.25, 0.3) is 0 Å². The normalized spacial score (nSPS) is 15.7. The lowest BCUT2D eigenvalue weighted by molar-refractivity contribution is 0.1000. The molecule has 29 heavy (non-hydrogen) atoms. The molecular formula is C21H17Cl2N3O2S. The molecule has 148 valence electrons. The van der Waals surface area contributed by atoms with Gasteiger partial charge in [0.1, 0.15) is 0 Å². The number of primary amides is 1. The molecule has 2 aromatic carbocycles. The van der Waals surface area contributed by atoms with Crippen LogP contribution in [-0.4, -0.2) is 23.4 Å². The monoisotopic (exact) mass is 445 g/mol. The van der Waals surface area contributed by atoms with E-state index in [4.69, 9.17) is 28.9 Å². The Morgan fingerprint density at radius 2 is 1.76 bits per heavy atom. The number of fused-ring (bicyclic) bond motifs is 1. The quantitative estimate of drug-likeness (QED) is 0.571. The minimum absolute atomic E-state index is 0.246. The first-order valence-electron chi connectivity index (χ1n) is 8.92. The van der Waals surface area contributed by atoms with Gasteiger partial charge in [-0.1, -0.05) is 35.3 Å². The Hall–Kier alpha value is -2.54. The number of carbonyl (C=O) groups excluding carboxylic acids is 2. The third-order valence-electron chi connectivity index (χ3n) is 4.85. The average Bonchev–Trinajstić information content (AvgIpc) is 3.15. The summed E-state index contributed by atoms with van der Waals surface area (Å²) in [6.07, 6.45) is 0.784. The Kier molecular flexibility index (Phi) is 5.50. The lowest BCUT2D eigenvalue weighted by Crippen LogP contribution is -2.42. The number of urea groups is 1. The molecule has 0 radical (unpaired) electrons. The van der Waals surface area contributed by atoms with Crippen molar-refractivity contribution in [2.45, 2.75) is 12.5 Å². The zero-order valence-corrected chi connectivity index (χ0v) is 17.5. The smallest absolute Gasteiger partial charge is 0.322 e. The fourth-order valence-electron chi connectivity index (χ4n) is 3.55. The van der Waals surface area contributed by atoms with Gasteiger partial charge in [0, 0.05) is 32.7 Å². The van der Waals surface area contributed by atoms with Gasteiger partial charge in [-0.15, -0.1) is 11.3 Å². The van der Waals surface area contributed by atoms with E-state index in [2.05, 4.69) is 5.32 Å². The Morgan fingerprint density at radius 1 is 1.07 bits per heavy atom. The van der Waals surface area contributed by atoms with Crippen molar-refractivity contribution in [2.75, 3.05) is 11.9 Å². The number of hydrogen-bond acceptors (Lipinski definition) is 3. The number of halogens is 2. The molecule has 3 amide bonds. The predicted octanol–water partition coefficient (Wildman–Crippen LogP) is 5.33. The van der Waals surface area contributed by atoms with Crippen LogP contribution in [0.5, 0.6) is 0 Å². The topological polar surface area (TPSA) is 75.4 Å². The number of nitrogens with zero attached hydrogens (tertiary/aromatic N) is 1. The maximum Gasteiger partial charge on any atom is 0.322 e. The van der Waals surface area contributed by atoms with Crippen molar-refractivity contribution in [1.82, 2.24) is 4.90 Å². The van der Waals surface area contributed by atoms with E-state index >= 15 is 0 Å². The molecule has 1 unspecified atom stereocenters. The van der Waals surface area contributed by atoms with Gasteiger partial charge >= 0.3 is 6.03 Å². The molecule has 0 fully saturated rings. The summed E-state index contributed by atoms with van der Waals surface area (Å²) in [6, 6.07) is 13.5. The zero-order chi connectivity index (χ0) is 20.5. The van der Waals surface area contributed by atoms with Crippen molar-refractivity contribution in [3.05, 3.63) is 85.5 Å². The summed E-state index contributed by atoms with van der Waals surface area (Å²) in [5.41, 5.74) is 8.32. The summed E-state index contributed by atoms with van der Waals surface area (Å²) in [5, 5.41) is 5.83. The number of anilines is 1. The van der Waals surface area contributed by atoms with Crippen LogP contribution in [0, 0.1) is 0 Å². The first-order chi connectivity index (χ1) is 13.9. The number of hydrogen-bond donors (Lipinski definition) is 2. The molecule has 0 saturated carbocycles. The van der Waals surface area contributed by atoms with E-state index in [1.54, 1.807) is 46.6 Å². The lowest BCUT2D eigenvalue weighted by atomic mass is 9.93. The van der Waals surface area contributed by atoms with Crippen molar-refractivity contribution in [3.63, 3.8) is 0 Å². The lowest BCUT2D eigenvalue weighted by Gasteiger charge is -2.36. The van der Waals surface area contributed by atoms with Gasteiger partial charge < -0.3 is 16.0 Å². The Bertz CT molecular complexity index is 1060. The van der Waals surface area contributed by atoms with E-state index in [0.717, 1.165) is 17.5 Å². The van der Waals surface area contributed by atoms with Crippen LogP contribution in [-0.2, 0) is 6.42 Å². The molecule has 0 bridgehead atoms. The average molecular weight is 446 g/mol. The second-order valence-corrected chi connectivity index (χ2v) is 8.59. The molecule has 1 atom stereocenters. The third-order valence-corrected chi connectivity index (χ3v) is 6.28. The molecule has 8 heteroatoms. The SMILES string of the molecule is NC(=O)c1ccc(C2c3ccsc3CCN2C(=O)Nc2cc(Cl)cc(Cl)c2)cc1. The van der Waals surface area contributed by atoms with Crippen LogP contribution in [0.1, 0.15) is 32.4 Å². The number of carbonyl (C=O) groups is 2. The van der Waals surface area contributed by atoms with Gasteiger partial charge in [-0.25, -0.2) is 4.79 Å². The van der Waals surface area contributed by atoms with Crippen LogP contribution in [0.2, 0.25) is 10.0 Å². The molecular weight excluding hydrogens is 429 g/mol. The molecule has 0 aliphatic carbocycles. The first-order valence-corrected chi connectivity index (χ1v) is 10.6. The van der Waals surface area contributed by atoms with E-state index in [1.165, 1.54) is 4.88 Å². The highest BCUT2D eigenvalue weighted by Gasteiger charge is 2.33. The van der Waals surface area contributed by atoms with Crippen LogP contribution >= 0.6 is 34.5 Å². The Labute approximate surface area is 182 Å². The molecule has 4 rings (SSSR count). The second kappa shape index (κ2) is 8.06. The fourth-order valence-corrected chi connectivity index (χ4v) is 4.98. The molecule has 0 saturated heterocycles. The number of nitrogens with one attached hydrogen (secondary N) is 1. The highest BCUT2D eigenvalue weighted by molar-refractivity contribution is 7.10. The van der Waals surface area contributed by atoms with Gasteiger partial charge in [0.25, 0.3) is 0 Å². The van der Waals surface area contributed by atoms with Crippen molar-refractivity contribution in [1.29, 1.82) is 0 Å². The van der Waals surface area contributed by atoms with E-state index in [9.17, 15) is 9.59 Å². The van der Waals surface area contributed by atoms with E-state index in [1.807, 2.05) is 23.6 Å². The summed E-state index contributed by atoms with van der Waals surface area (Å²) in [6.45, 7) is 0.565. The van der Waals surface area contributed by atoms with Crippen LogP contribution in [0.3, 0.4) is 0 Å². The molecule has 2 heterocycles. The van der Waals surface area contributed by atoms with Gasteiger partial charge in [0.15, 0.2) is 0 Å². The molecule has 1 aliphatic rings. The minimum Gasteiger partial charge on any atom is -0.366 e. The number of thiophene rings is 1. The van der Waals surface area contributed by atoms with Crippen LogP contribution in [0.4, 0.5) is 10.5 Å². The van der Waals surface area contributed by atoms with E-state index in [-0.39, 0.29) is 12.1 Å². The highest BCUT2D eigenvalue weighted by Crippen LogP contribution is 2.38. The molecule has 1 aromatic heterocycles. The Morgan fingerprint density at radius 3 is 2.41 bits per heavy atom. The molecule has 0 spiro atoms. The van der Waals surface area contributed by atoms with Gasteiger partial charge in [0.2, 0.25) is 5.91 Å². The van der Waals surface area contributed by atoms with E-state index < -0.39 is 5.91 Å². The first kappa shape index (κ1) is 19.8. The van der Waals surface area contributed by atoms with Gasteiger partial charge in [-0.3, -0.25) is 4.79 Å². The minimum atomic E-state index is -0.483. The van der Waals surface area contributed by atoms with Gasteiger partial charge in [0.05, 0.1) is 6.04 Å². The largest absolute Gasteiger partial charge is 0.366 e. The van der Waals surface area contributed by atoms with Crippen LogP contribution in [0.15, 0.2) is 53.9 Å². The van der Waals surface area contributed by atoms with Gasteiger partial charge in [-0.2, -0.15) is 0 Å². The van der Waals surface area contributed by atoms with Crippen LogP contribution < -0.4 is 11.1 Å². The van der Waals surface area contributed by atoms with Crippen molar-refractivity contribution in [3.8, 4) is 0 Å². The number of rotatable bonds is 3. The Balaban J connectivity index is 1.67. The molecule has 3 aromatic rings. The van der Waals surface area contributed by atoms with Crippen molar-refractivity contribution in [2.24, 2.45) is 5.73 Å². The maximum absolute atomic E-state index is 13.1. The standard InChI is InChI=1S/C21H17Cl2N3O2S/c22-14-9-15(23)11-16(10-14)25-21(28)26-7-5-18-17(6-8-29-18)19(26)12-1-3-13(4-2-12)20(24)27/h1-4,6,8-11,19H,5,7H2,(H2,24,27)(H,25,28). The summed E-state index contributed by atoms with van der Waals surface area (Å²) >= 11 is 13.8. The van der Waals surface area contributed by atoms with Crippen molar-refractivity contribution < 1.29 is 9.59 Å². The fraction of sp³-hybridized carbons (Fsp3) is 0.143. The number of nitrogens with two attached hydrogens (primary N) is 1. The summed E-state index contributed by atoms with van der Waals surface area (Å²) in [5.74, 6) is -0.483. The maximum atomic E-state index is 13.1. The highest BCUT2D eigenvalue weighted by atomic mass is 35.5. The molecule has 3 N–H and O–H groups in total. The number of benzene rings is 2. The second-order valence-electron chi connectivity index (χ2n) is 6.72. The summed E-state index contributed by atoms with van der Waals surface area (Å²) in [4.78, 5) is 27.6. The zero-order valence-electron chi connectivity index (χ0n) is 15.2. The molecule has 1 aliphatic heterocycles. The summed E-state index contributed by atoms with van der Waals surface area (Å²) in [7, 11) is 0. The van der Waals surface area contributed by atoms with Crippen molar-refractivity contribution >= 4 is 52.2 Å². The number of amides is 3. The third kappa shape index (κ3) is 4.10.